The summed E-state index contributed by atoms with van der Waals surface area (Å²) in [5.74, 6) is -0.246. The van der Waals surface area contributed by atoms with E-state index in [2.05, 4.69) is 5.32 Å². The van der Waals surface area contributed by atoms with Crippen LogP contribution < -0.4 is 9.78 Å². The Morgan fingerprint density at radius 3 is 2.20 bits per heavy atom. The van der Waals surface area contributed by atoms with Gasteiger partial charge in [-0.25, -0.2) is 0 Å². The van der Waals surface area contributed by atoms with Crippen LogP contribution in [0, 0.1) is 0 Å². The summed E-state index contributed by atoms with van der Waals surface area (Å²) < 4.78 is 36.3. The predicted octanol–water partition coefficient (Wildman–Crippen LogP) is 1.49. The summed E-state index contributed by atoms with van der Waals surface area (Å²) in [5, 5.41) is -1.65. The Hall–Kier alpha value is -1.00. The van der Waals surface area contributed by atoms with Crippen molar-refractivity contribution in [1.82, 2.24) is 0 Å². The molecule has 0 spiro atoms. The van der Waals surface area contributed by atoms with Gasteiger partial charge in [-0.3, -0.25) is 0 Å². The average Bonchev–Trinajstić information content (AvgIpc) is 2.05. The fraction of sp³-hybridized carbons (Fsp3) is 0.222. The summed E-state index contributed by atoms with van der Waals surface area (Å²) in [6, 6.07) is 5.67. The van der Waals surface area contributed by atoms with Gasteiger partial charge in [0.15, 0.2) is 0 Å². The second-order valence-corrected chi connectivity index (χ2v) is 5.14. The van der Waals surface area contributed by atoms with Crippen LogP contribution in [0.1, 0.15) is 6.92 Å². The number of hydrogen-bond donors (Lipinski definition) is 1. The molecule has 1 rings (SSSR count). The number of carbonyl (C=O) groups is 1. The summed E-state index contributed by atoms with van der Waals surface area (Å²) in [5.41, 5.74) is 0.504. The van der Waals surface area contributed by atoms with E-state index < -0.39 is 20.0 Å². The van der Waals surface area contributed by atoms with Gasteiger partial charge in [0.2, 0.25) is 0 Å². The fourth-order valence-electron chi connectivity index (χ4n) is 0.943. The van der Waals surface area contributed by atoms with Gasteiger partial charge in [-0.1, -0.05) is 0 Å². The van der Waals surface area contributed by atoms with Crippen molar-refractivity contribution in [2.45, 2.75) is 12.0 Å². The first kappa shape index (κ1) is 12.1. The molecule has 1 N–H and O–H groups in total. The number of anilines is 1. The third kappa shape index (κ3) is 4.85. The van der Waals surface area contributed by atoms with Gasteiger partial charge >= 0.3 is 90.6 Å². The monoisotopic (exact) mass is 283 g/mol. The third-order valence-electron chi connectivity index (χ3n) is 1.41. The molecule has 2 nitrogen and oxygen atoms in total. The molecule has 6 heteroatoms. The first-order chi connectivity index (χ1) is 6.87. The maximum atomic E-state index is 12.0. The van der Waals surface area contributed by atoms with Crippen molar-refractivity contribution in [1.29, 1.82) is 0 Å². The molecular formula is C9H8F3NOSe. The minimum atomic E-state index is -4.14. The van der Waals surface area contributed by atoms with Crippen LogP contribution in [0.2, 0.25) is 0 Å². The number of hydrogen-bond acceptors (Lipinski definition) is 1. The van der Waals surface area contributed by atoms with Gasteiger partial charge in [-0.05, 0) is 0 Å². The number of rotatable bonds is 2. The van der Waals surface area contributed by atoms with Crippen LogP contribution in [-0.2, 0) is 4.79 Å². The van der Waals surface area contributed by atoms with Crippen LogP contribution in [0.25, 0.3) is 0 Å². The van der Waals surface area contributed by atoms with Crippen LogP contribution in [-0.4, -0.2) is 25.9 Å². The second kappa shape index (κ2) is 4.68. The molecule has 0 unspecified atom stereocenters. The molecule has 0 heterocycles. The zero-order chi connectivity index (χ0) is 11.5. The van der Waals surface area contributed by atoms with Crippen molar-refractivity contribution in [3.05, 3.63) is 24.3 Å². The van der Waals surface area contributed by atoms with Gasteiger partial charge in [0.1, 0.15) is 0 Å². The molecule has 0 saturated heterocycles. The zero-order valence-corrected chi connectivity index (χ0v) is 9.47. The molecule has 0 aliphatic rings. The van der Waals surface area contributed by atoms with E-state index >= 15 is 0 Å². The van der Waals surface area contributed by atoms with Crippen LogP contribution in [0.5, 0.6) is 0 Å². The Bertz CT molecular complexity index is 347. The van der Waals surface area contributed by atoms with Crippen molar-refractivity contribution < 1.29 is 18.0 Å². The molecule has 1 amide bonds. The Kier molecular flexibility index (Phi) is 3.77. The van der Waals surface area contributed by atoms with Crippen molar-refractivity contribution >= 4 is 31.0 Å². The first-order valence-electron chi connectivity index (χ1n) is 4.00. The van der Waals surface area contributed by atoms with E-state index in [0.29, 0.717) is 5.69 Å². The summed E-state index contributed by atoms with van der Waals surface area (Å²) >= 11 is -1.53. The van der Waals surface area contributed by atoms with E-state index in [1.54, 1.807) is 0 Å². The molecule has 15 heavy (non-hydrogen) atoms. The summed E-state index contributed by atoms with van der Waals surface area (Å²) in [4.78, 5) is 10.6. The topological polar surface area (TPSA) is 29.1 Å². The molecule has 1 aromatic carbocycles. The molecular weight excluding hydrogens is 274 g/mol. The van der Waals surface area contributed by atoms with Crippen LogP contribution in [0.3, 0.4) is 0 Å². The molecule has 1 aromatic rings. The molecule has 0 bridgehead atoms. The Labute approximate surface area is 91.0 Å². The summed E-state index contributed by atoms with van der Waals surface area (Å²) in [6.07, 6.45) is 0. The molecule has 0 radical (unpaired) electrons. The number of benzene rings is 1. The van der Waals surface area contributed by atoms with Gasteiger partial charge in [0.25, 0.3) is 0 Å². The van der Waals surface area contributed by atoms with E-state index in [0.717, 1.165) is 0 Å². The number of halogens is 3. The Balaban J connectivity index is 2.68. The summed E-state index contributed by atoms with van der Waals surface area (Å²) in [6.45, 7) is 1.34. The SMILES string of the molecule is CC(=O)Nc1ccc([Se]C(F)(F)F)cc1. The fourth-order valence-corrected chi connectivity index (χ4v) is 2.07. The third-order valence-corrected chi connectivity index (χ3v) is 2.96. The molecule has 0 atom stereocenters. The first-order valence-corrected chi connectivity index (χ1v) is 5.71. The van der Waals surface area contributed by atoms with Gasteiger partial charge in [-0.15, -0.1) is 0 Å². The number of alkyl halides is 3. The average molecular weight is 282 g/mol. The van der Waals surface area contributed by atoms with Crippen molar-refractivity contribution in [3.63, 3.8) is 0 Å². The summed E-state index contributed by atoms with van der Waals surface area (Å²) in [7, 11) is 0. The van der Waals surface area contributed by atoms with E-state index in [1.807, 2.05) is 0 Å². The van der Waals surface area contributed by atoms with Crippen LogP contribution in [0.4, 0.5) is 18.9 Å². The molecule has 82 valence electrons. The Morgan fingerprint density at radius 2 is 1.80 bits per heavy atom. The quantitative estimate of drug-likeness (QED) is 0.818. The van der Waals surface area contributed by atoms with E-state index in [1.165, 1.54) is 31.2 Å². The van der Waals surface area contributed by atoms with Gasteiger partial charge in [-0.2, -0.15) is 0 Å². The van der Waals surface area contributed by atoms with E-state index in [-0.39, 0.29) is 10.4 Å². The van der Waals surface area contributed by atoms with Crippen LogP contribution >= 0.6 is 0 Å². The number of carbonyl (C=O) groups excluding carboxylic acids is 1. The van der Waals surface area contributed by atoms with Crippen molar-refractivity contribution in [3.8, 4) is 0 Å². The standard InChI is InChI=1S/C9H8F3NOSe/c1-6(14)13-7-2-4-8(5-3-7)15-9(10,11)12/h2-5H,1H3,(H,13,14). The van der Waals surface area contributed by atoms with Crippen molar-refractivity contribution in [2.75, 3.05) is 5.32 Å². The van der Waals surface area contributed by atoms with Crippen molar-refractivity contribution in [2.24, 2.45) is 0 Å². The molecule has 0 fully saturated rings. The molecule has 0 aliphatic heterocycles. The predicted molar refractivity (Wildman–Crippen MR) is 52.2 cm³/mol. The normalized spacial score (nSPS) is 11.2. The van der Waals surface area contributed by atoms with Gasteiger partial charge < -0.3 is 0 Å². The number of amides is 1. The molecule has 0 aromatic heterocycles. The zero-order valence-electron chi connectivity index (χ0n) is 7.76. The van der Waals surface area contributed by atoms with Crippen LogP contribution in [0.15, 0.2) is 24.3 Å². The van der Waals surface area contributed by atoms with E-state index in [9.17, 15) is 18.0 Å². The van der Waals surface area contributed by atoms with E-state index in [4.69, 9.17) is 0 Å². The Morgan fingerprint density at radius 1 is 1.27 bits per heavy atom. The maximum absolute atomic E-state index is 12.0. The molecule has 0 saturated carbocycles. The van der Waals surface area contributed by atoms with Gasteiger partial charge in [0.05, 0.1) is 0 Å². The second-order valence-electron chi connectivity index (χ2n) is 2.75. The molecule has 0 aliphatic carbocycles. The number of nitrogens with one attached hydrogen (secondary N) is 1. The van der Waals surface area contributed by atoms with Gasteiger partial charge in [0, 0.05) is 0 Å². The minimum absolute atomic E-state index is 0.240.